The number of aromatic amines is 1. The largest absolute Gasteiger partial charge is 0.349 e. The molecule has 0 saturated heterocycles. The average Bonchev–Trinajstić information content (AvgIpc) is 2.94. The summed E-state index contributed by atoms with van der Waals surface area (Å²) in [6.07, 6.45) is 1.32. The smallest absolute Gasteiger partial charge is 0.298 e. The third-order valence-electron chi connectivity index (χ3n) is 3.94. The maximum atomic E-state index is 13.7. The van der Waals surface area contributed by atoms with Crippen LogP contribution in [0.1, 0.15) is 11.4 Å². The van der Waals surface area contributed by atoms with Crippen LogP contribution >= 0.6 is 15.9 Å². The monoisotopic (exact) mass is 398 g/mol. The molecular weight excluding hydrogens is 387 g/mol. The van der Waals surface area contributed by atoms with Crippen LogP contribution in [0.3, 0.4) is 0 Å². The number of H-pyrrole nitrogens is 1. The number of nitrogens with zero attached hydrogens (tertiary/aromatic N) is 3. The van der Waals surface area contributed by atoms with Crippen LogP contribution in [-0.4, -0.2) is 20.9 Å². The Balaban J connectivity index is 1.92. The number of nitrogens with one attached hydrogen (secondary N) is 1. The summed E-state index contributed by atoms with van der Waals surface area (Å²) in [7, 11) is 0. The fourth-order valence-corrected chi connectivity index (χ4v) is 3.08. The number of hydrogen-bond donors (Lipinski definition) is 1. The Hall–Kier alpha value is -2.80. The molecule has 4 aromatic rings. The zero-order chi connectivity index (χ0) is 17.6. The van der Waals surface area contributed by atoms with Crippen molar-refractivity contribution in [3.05, 3.63) is 74.5 Å². The molecule has 2 aromatic heterocycles. The van der Waals surface area contributed by atoms with E-state index in [9.17, 15) is 9.18 Å². The molecule has 0 saturated carbocycles. The van der Waals surface area contributed by atoms with Crippen LogP contribution in [0.5, 0.6) is 0 Å². The number of halogens is 2. The standard InChI is InChI=1S/C18H12BrFN4O/c1-10-22-16-13-8-12(19)6-7-15(13)23-17(16)18(25)24(10)21-9-11-4-2-3-5-14(11)20/h2-9,23H,1H3/b21-9+. The second-order valence-corrected chi connectivity index (χ2v) is 6.50. The van der Waals surface area contributed by atoms with Crippen molar-refractivity contribution in [3.8, 4) is 0 Å². The molecule has 5 nitrogen and oxygen atoms in total. The fraction of sp³-hybridized carbons (Fsp3) is 0.0556. The van der Waals surface area contributed by atoms with Gasteiger partial charge in [-0.3, -0.25) is 4.79 Å². The van der Waals surface area contributed by atoms with Crippen LogP contribution in [0.2, 0.25) is 0 Å². The molecular formula is C18H12BrFN4O. The van der Waals surface area contributed by atoms with Crippen molar-refractivity contribution in [2.75, 3.05) is 0 Å². The number of aryl methyl sites for hydroxylation is 1. The van der Waals surface area contributed by atoms with E-state index in [0.29, 0.717) is 22.4 Å². The minimum Gasteiger partial charge on any atom is -0.349 e. The van der Waals surface area contributed by atoms with Crippen LogP contribution in [-0.2, 0) is 0 Å². The highest BCUT2D eigenvalue weighted by Gasteiger charge is 2.13. The molecule has 0 bridgehead atoms. The molecule has 0 fully saturated rings. The van der Waals surface area contributed by atoms with E-state index in [4.69, 9.17) is 0 Å². The van der Waals surface area contributed by atoms with Gasteiger partial charge in [0.25, 0.3) is 5.56 Å². The average molecular weight is 399 g/mol. The first-order valence-corrected chi connectivity index (χ1v) is 8.33. The lowest BCUT2D eigenvalue weighted by Crippen LogP contribution is -2.20. The minimum absolute atomic E-state index is 0.300. The van der Waals surface area contributed by atoms with Crippen molar-refractivity contribution in [1.29, 1.82) is 0 Å². The summed E-state index contributed by atoms with van der Waals surface area (Å²) in [5, 5.41) is 4.98. The minimum atomic E-state index is -0.401. The lowest BCUT2D eigenvalue weighted by molar-refractivity contribution is 0.625. The molecule has 0 atom stereocenters. The van der Waals surface area contributed by atoms with Gasteiger partial charge in [-0.25, -0.2) is 9.37 Å². The third kappa shape index (κ3) is 2.66. The molecule has 124 valence electrons. The predicted octanol–water partition coefficient (Wildman–Crippen LogP) is 3.97. The molecule has 1 N–H and O–H groups in total. The summed E-state index contributed by atoms with van der Waals surface area (Å²) in [5.74, 6) is 0.0208. The first kappa shape index (κ1) is 15.7. The summed E-state index contributed by atoms with van der Waals surface area (Å²) in [6.45, 7) is 1.69. The Labute approximate surface area is 150 Å². The van der Waals surface area contributed by atoms with E-state index in [0.717, 1.165) is 15.4 Å². The van der Waals surface area contributed by atoms with E-state index >= 15 is 0 Å². The molecule has 0 unspecified atom stereocenters. The molecule has 0 aliphatic heterocycles. The molecule has 2 heterocycles. The lowest BCUT2D eigenvalue weighted by atomic mass is 10.2. The molecule has 2 aromatic carbocycles. The molecule has 0 aliphatic rings. The molecule has 7 heteroatoms. The van der Waals surface area contributed by atoms with Gasteiger partial charge in [0.1, 0.15) is 22.7 Å². The van der Waals surface area contributed by atoms with Crippen molar-refractivity contribution in [1.82, 2.24) is 14.6 Å². The van der Waals surface area contributed by atoms with Gasteiger partial charge < -0.3 is 4.98 Å². The van der Waals surface area contributed by atoms with Gasteiger partial charge >= 0.3 is 0 Å². The Morgan fingerprint density at radius 3 is 2.88 bits per heavy atom. The maximum Gasteiger partial charge on any atom is 0.298 e. The summed E-state index contributed by atoms with van der Waals surface area (Å²) in [6, 6.07) is 11.9. The Kier molecular flexibility index (Phi) is 3.73. The zero-order valence-corrected chi connectivity index (χ0v) is 14.7. The lowest BCUT2D eigenvalue weighted by Gasteiger charge is -2.03. The van der Waals surface area contributed by atoms with Gasteiger partial charge in [-0.05, 0) is 31.2 Å². The third-order valence-corrected chi connectivity index (χ3v) is 4.43. The highest BCUT2D eigenvalue weighted by Crippen LogP contribution is 2.25. The number of fused-ring (bicyclic) bond motifs is 3. The van der Waals surface area contributed by atoms with Crippen molar-refractivity contribution >= 4 is 44.1 Å². The molecule has 0 aliphatic carbocycles. The second kappa shape index (κ2) is 5.93. The number of rotatable bonds is 2. The van der Waals surface area contributed by atoms with Crippen LogP contribution in [0, 0.1) is 12.7 Å². The van der Waals surface area contributed by atoms with Crippen LogP contribution < -0.4 is 5.56 Å². The van der Waals surface area contributed by atoms with Crippen molar-refractivity contribution < 1.29 is 4.39 Å². The first-order chi connectivity index (χ1) is 12.0. The van der Waals surface area contributed by atoms with Gasteiger partial charge in [0.05, 0.1) is 6.21 Å². The Morgan fingerprint density at radius 2 is 2.08 bits per heavy atom. The van der Waals surface area contributed by atoms with Crippen LogP contribution in [0.25, 0.3) is 21.9 Å². The van der Waals surface area contributed by atoms with Crippen molar-refractivity contribution in [2.45, 2.75) is 6.92 Å². The maximum absolute atomic E-state index is 13.7. The van der Waals surface area contributed by atoms with E-state index in [-0.39, 0.29) is 5.56 Å². The molecule has 4 rings (SSSR count). The highest BCUT2D eigenvalue weighted by molar-refractivity contribution is 9.10. The van der Waals surface area contributed by atoms with Gasteiger partial charge in [0.2, 0.25) is 0 Å². The molecule has 0 radical (unpaired) electrons. The summed E-state index contributed by atoms with van der Waals surface area (Å²) in [5.41, 5.74) is 1.75. The Bertz CT molecular complexity index is 1210. The van der Waals surface area contributed by atoms with E-state index in [1.807, 2.05) is 18.2 Å². The quantitative estimate of drug-likeness (QED) is 0.519. The summed E-state index contributed by atoms with van der Waals surface area (Å²) < 4.78 is 15.8. The van der Waals surface area contributed by atoms with E-state index in [1.54, 1.807) is 25.1 Å². The summed E-state index contributed by atoms with van der Waals surface area (Å²) >= 11 is 3.43. The zero-order valence-electron chi connectivity index (χ0n) is 13.1. The topological polar surface area (TPSA) is 63.0 Å². The highest BCUT2D eigenvalue weighted by atomic mass is 79.9. The number of hydrogen-bond acceptors (Lipinski definition) is 3. The first-order valence-electron chi connectivity index (χ1n) is 7.54. The van der Waals surface area contributed by atoms with Gasteiger partial charge in [-0.2, -0.15) is 9.78 Å². The van der Waals surface area contributed by atoms with Crippen molar-refractivity contribution in [3.63, 3.8) is 0 Å². The second-order valence-electron chi connectivity index (χ2n) is 5.58. The molecule has 25 heavy (non-hydrogen) atoms. The number of benzene rings is 2. The summed E-state index contributed by atoms with van der Waals surface area (Å²) in [4.78, 5) is 20.4. The van der Waals surface area contributed by atoms with Gasteiger partial charge in [0, 0.05) is 20.9 Å². The van der Waals surface area contributed by atoms with Crippen molar-refractivity contribution in [2.24, 2.45) is 5.10 Å². The van der Waals surface area contributed by atoms with Gasteiger partial charge in [-0.15, -0.1) is 0 Å². The van der Waals surface area contributed by atoms with Crippen LogP contribution in [0.4, 0.5) is 4.39 Å². The van der Waals surface area contributed by atoms with E-state index < -0.39 is 5.82 Å². The SMILES string of the molecule is Cc1nc2c([nH]c3ccc(Br)cc32)c(=O)n1/N=C/c1ccccc1F. The predicted molar refractivity (Wildman–Crippen MR) is 99.7 cm³/mol. The Morgan fingerprint density at radius 1 is 1.28 bits per heavy atom. The van der Waals surface area contributed by atoms with Gasteiger partial charge in [0.15, 0.2) is 0 Å². The molecule has 0 spiro atoms. The van der Waals surface area contributed by atoms with Crippen LogP contribution in [0.15, 0.2) is 56.8 Å². The molecule has 0 amide bonds. The number of aromatic nitrogens is 3. The normalized spacial score (nSPS) is 11.8. The van der Waals surface area contributed by atoms with E-state index in [2.05, 4.69) is 31.0 Å². The fourth-order valence-electron chi connectivity index (χ4n) is 2.72. The van der Waals surface area contributed by atoms with Gasteiger partial charge in [-0.1, -0.05) is 34.1 Å². The van der Waals surface area contributed by atoms with E-state index in [1.165, 1.54) is 17.0 Å².